The number of halogens is 1. The molecule has 1 aliphatic rings. The van der Waals surface area contributed by atoms with E-state index < -0.39 is 0 Å². The first kappa shape index (κ1) is 17.2. The van der Waals surface area contributed by atoms with Crippen LogP contribution in [0.5, 0.6) is 5.75 Å². The summed E-state index contributed by atoms with van der Waals surface area (Å²) in [4.78, 5) is 19.9. The lowest BCUT2D eigenvalue weighted by molar-refractivity contribution is -0.114. The van der Waals surface area contributed by atoms with Gasteiger partial charge in [0.1, 0.15) is 6.10 Å². The van der Waals surface area contributed by atoms with Crippen molar-refractivity contribution in [3.63, 3.8) is 0 Å². The Morgan fingerprint density at radius 2 is 2.27 bits per heavy atom. The molecule has 0 bridgehead atoms. The molecule has 0 saturated carbocycles. The van der Waals surface area contributed by atoms with E-state index in [1.807, 2.05) is 24.3 Å². The molecule has 0 aliphatic carbocycles. The fraction of sp³-hybridized carbons (Fsp3) is 0.278. The number of anilines is 1. The van der Waals surface area contributed by atoms with Crippen LogP contribution in [0.2, 0.25) is 5.15 Å². The number of carbonyl (C=O) groups excluding carboxylic acids is 1. The summed E-state index contributed by atoms with van der Waals surface area (Å²) in [6.07, 6.45) is 2.57. The maximum Gasteiger partial charge on any atom is 0.223 e. The number of rotatable bonds is 4. The highest BCUT2D eigenvalue weighted by Gasteiger charge is 2.19. The first-order valence-corrected chi connectivity index (χ1v) is 9.36. The number of ether oxygens (including phenoxy) is 2. The second-order valence-electron chi connectivity index (χ2n) is 6.00. The van der Waals surface area contributed by atoms with E-state index >= 15 is 0 Å². The van der Waals surface area contributed by atoms with Crippen molar-refractivity contribution in [3.8, 4) is 16.9 Å². The molecule has 1 atom stereocenters. The largest absolute Gasteiger partial charge is 0.485 e. The Balaban J connectivity index is 1.64. The highest BCUT2D eigenvalue weighted by molar-refractivity contribution is 7.22. The van der Waals surface area contributed by atoms with Crippen LogP contribution in [0.4, 0.5) is 5.13 Å². The van der Waals surface area contributed by atoms with E-state index in [0.29, 0.717) is 29.2 Å². The highest BCUT2D eigenvalue weighted by atomic mass is 35.5. The number of nitrogens with zero attached hydrogens (tertiary/aromatic N) is 2. The van der Waals surface area contributed by atoms with E-state index in [0.717, 1.165) is 27.8 Å². The number of hydrogen-bond acceptors (Lipinski definition) is 6. The maximum atomic E-state index is 11.2. The van der Waals surface area contributed by atoms with E-state index in [-0.39, 0.29) is 12.0 Å². The van der Waals surface area contributed by atoms with Gasteiger partial charge in [0.2, 0.25) is 5.91 Å². The monoisotopic (exact) mass is 389 g/mol. The molecule has 8 heteroatoms. The molecule has 0 radical (unpaired) electrons. The molecule has 134 valence electrons. The number of fused-ring (bicyclic) bond motifs is 1. The lowest BCUT2D eigenvalue weighted by Gasteiger charge is -2.13. The molecule has 1 saturated heterocycles. The van der Waals surface area contributed by atoms with Crippen molar-refractivity contribution in [1.82, 2.24) is 9.97 Å². The van der Waals surface area contributed by atoms with Gasteiger partial charge in [-0.15, -0.1) is 0 Å². The molecule has 1 aliphatic heterocycles. The number of carbonyl (C=O) groups is 1. The average Bonchev–Trinajstić information content (AvgIpc) is 3.24. The molecule has 1 N–H and O–H groups in total. The van der Waals surface area contributed by atoms with Crippen LogP contribution in [0.3, 0.4) is 0 Å². The third kappa shape index (κ3) is 3.65. The highest BCUT2D eigenvalue weighted by Crippen LogP contribution is 2.33. The van der Waals surface area contributed by atoms with E-state index in [1.54, 1.807) is 6.20 Å². The summed E-state index contributed by atoms with van der Waals surface area (Å²) in [5, 5.41) is 3.64. The summed E-state index contributed by atoms with van der Waals surface area (Å²) >= 11 is 7.61. The number of amides is 1. The molecule has 4 rings (SSSR count). The Hall–Kier alpha value is -2.22. The SMILES string of the molecule is CC(=O)Nc1nc2ccc(-c3cnc(Cl)c(OC4CCOC4)c3)cc2s1. The van der Waals surface area contributed by atoms with E-state index in [4.69, 9.17) is 21.1 Å². The Morgan fingerprint density at radius 3 is 3.04 bits per heavy atom. The van der Waals surface area contributed by atoms with E-state index in [1.165, 1.54) is 18.3 Å². The van der Waals surface area contributed by atoms with Crippen molar-refractivity contribution in [3.05, 3.63) is 35.6 Å². The van der Waals surface area contributed by atoms with Crippen molar-refractivity contribution in [1.29, 1.82) is 0 Å². The van der Waals surface area contributed by atoms with Gasteiger partial charge in [0, 0.05) is 25.1 Å². The quantitative estimate of drug-likeness (QED) is 0.679. The van der Waals surface area contributed by atoms with Gasteiger partial charge in [-0.3, -0.25) is 4.79 Å². The summed E-state index contributed by atoms with van der Waals surface area (Å²) < 4.78 is 12.2. The minimum absolute atomic E-state index is 0.00809. The summed E-state index contributed by atoms with van der Waals surface area (Å²) in [5.74, 6) is 0.423. The molecule has 1 amide bonds. The second-order valence-corrected chi connectivity index (χ2v) is 7.39. The van der Waals surface area contributed by atoms with Crippen molar-refractivity contribution in [2.24, 2.45) is 0 Å². The van der Waals surface area contributed by atoms with Crippen LogP contribution in [0.1, 0.15) is 13.3 Å². The van der Waals surface area contributed by atoms with Gasteiger partial charge in [0.15, 0.2) is 16.0 Å². The number of nitrogens with one attached hydrogen (secondary N) is 1. The average molecular weight is 390 g/mol. The molecule has 3 aromatic rings. The van der Waals surface area contributed by atoms with E-state index in [9.17, 15) is 4.79 Å². The van der Waals surface area contributed by atoms with Gasteiger partial charge in [-0.2, -0.15) is 0 Å². The van der Waals surface area contributed by atoms with Crippen molar-refractivity contribution < 1.29 is 14.3 Å². The lowest BCUT2D eigenvalue weighted by Crippen LogP contribution is -2.16. The number of thiazole rings is 1. The second kappa shape index (κ2) is 7.19. The first-order chi connectivity index (χ1) is 12.6. The molecule has 26 heavy (non-hydrogen) atoms. The lowest BCUT2D eigenvalue weighted by atomic mass is 10.1. The normalized spacial score (nSPS) is 16.8. The van der Waals surface area contributed by atoms with Crippen LogP contribution in [-0.4, -0.2) is 35.2 Å². The Labute approximate surface area is 159 Å². The van der Waals surface area contributed by atoms with Crippen LogP contribution < -0.4 is 10.1 Å². The van der Waals surface area contributed by atoms with Gasteiger partial charge in [-0.1, -0.05) is 29.0 Å². The Bertz CT molecular complexity index is 969. The van der Waals surface area contributed by atoms with Gasteiger partial charge in [0.25, 0.3) is 0 Å². The topological polar surface area (TPSA) is 73.3 Å². The van der Waals surface area contributed by atoms with Crippen molar-refractivity contribution >= 4 is 44.2 Å². The van der Waals surface area contributed by atoms with Crippen LogP contribution in [0.25, 0.3) is 21.3 Å². The molecule has 2 aromatic heterocycles. The fourth-order valence-corrected chi connectivity index (χ4v) is 3.86. The summed E-state index contributed by atoms with van der Waals surface area (Å²) in [6, 6.07) is 7.80. The summed E-state index contributed by atoms with van der Waals surface area (Å²) in [5.41, 5.74) is 2.72. The van der Waals surface area contributed by atoms with Gasteiger partial charge >= 0.3 is 0 Å². The third-order valence-corrected chi connectivity index (χ3v) is 5.21. The number of pyridine rings is 1. The molecule has 1 unspecified atom stereocenters. The molecule has 0 spiro atoms. The van der Waals surface area contributed by atoms with Crippen molar-refractivity contribution in [2.75, 3.05) is 18.5 Å². The van der Waals surface area contributed by atoms with Gasteiger partial charge in [-0.05, 0) is 23.8 Å². The van der Waals surface area contributed by atoms with E-state index in [2.05, 4.69) is 15.3 Å². The minimum atomic E-state index is -0.135. The predicted octanol–water partition coefficient (Wildman–Crippen LogP) is 4.14. The predicted molar refractivity (Wildman–Crippen MR) is 102 cm³/mol. The number of benzene rings is 1. The summed E-state index contributed by atoms with van der Waals surface area (Å²) in [7, 11) is 0. The summed E-state index contributed by atoms with van der Waals surface area (Å²) in [6.45, 7) is 2.74. The molecule has 3 heterocycles. The zero-order valence-corrected chi connectivity index (χ0v) is 15.6. The van der Waals surface area contributed by atoms with Crippen LogP contribution in [-0.2, 0) is 9.53 Å². The standard InChI is InChI=1S/C18H16ClN3O3S/c1-10(23)21-18-22-14-3-2-11(7-16(14)26-18)12-6-15(17(19)20-8-12)25-13-4-5-24-9-13/h2-3,6-8,13H,4-5,9H2,1H3,(H,21,22,23). The zero-order chi connectivity index (χ0) is 18.1. The molecule has 6 nitrogen and oxygen atoms in total. The van der Waals surface area contributed by atoms with Crippen LogP contribution >= 0.6 is 22.9 Å². The number of hydrogen-bond donors (Lipinski definition) is 1. The Kier molecular flexibility index (Phi) is 4.76. The number of aromatic nitrogens is 2. The molecular formula is C18H16ClN3O3S. The molecule has 1 fully saturated rings. The first-order valence-electron chi connectivity index (χ1n) is 8.17. The maximum absolute atomic E-state index is 11.2. The minimum Gasteiger partial charge on any atom is -0.485 e. The van der Waals surface area contributed by atoms with Gasteiger partial charge in [0.05, 0.1) is 23.4 Å². The molecule has 1 aromatic carbocycles. The Morgan fingerprint density at radius 1 is 1.38 bits per heavy atom. The van der Waals surface area contributed by atoms with Gasteiger partial charge in [-0.25, -0.2) is 9.97 Å². The van der Waals surface area contributed by atoms with Gasteiger partial charge < -0.3 is 14.8 Å². The van der Waals surface area contributed by atoms with Crippen LogP contribution in [0, 0.1) is 0 Å². The fourth-order valence-electron chi connectivity index (χ4n) is 2.76. The smallest absolute Gasteiger partial charge is 0.223 e. The zero-order valence-electron chi connectivity index (χ0n) is 14.0. The third-order valence-electron chi connectivity index (χ3n) is 3.99. The van der Waals surface area contributed by atoms with Crippen LogP contribution in [0.15, 0.2) is 30.5 Å². The van der Waals surface area contributed by atoms with Crippen molar-refractivity contribution in [2.45, 2.75) is 19.4 Å². The molecular weight excluding hydrogens is 374 g/mol.